The van der Waals surface area contributed by atoms with E-state index in [0.717, 1.165) is 31.4 Å². The molecule has 28 heavy (non-hydrogen) atoms. The van der Waals surface area contributed by atoms with Crippen LogP contribution >= 0.6 is 0 Å². The number of fused-ring (bicyclic) bond motifs is 1. The van der Waals surface area contributed by atoms with Crippen LogP contribution in [0.25, 0.3) is 11.0 Å². The summed E-state index contributed by atoms with van der Waals surface area (Å²) in [4.78, 5) is 16.5. The highest BCUT2D eigenvalue weighted by Crippen LogP contribution is 2.21. The Kier molecular flexibility index (Phi) is 7.44. The third-order valence-electron chi connectivity index (χ3n) is 4.91. The summed E-state index contributed by atoms with van der Waals surface area (Å²) in [6.45, 7) is 2.59. The van der Waals surface area contributed by atoms with Gasteiger partial charge in [-0.15, -0.1) is 0 Å². The number of aryl methyl sites for hydroxylation is 2. The summed E-state index contributed by atoms with van der Waals surface area (Å²) in [5.74, 6) is 0. The average molecular weight is 412 g/mol. The SMILES string of the molecule is CN(C)CCCN(CCCN(C)C)S(=O)(=O)c1ccc2c(c1)n(C)c(=O)n2C. The minimum absolute atomic E-state index is 0.168. The van der Waals surface area contributed by atoms with Gasteiger partial charge in [-0.2, -0.15) is 4.31 Å². The molecule has 9 heteroatoms. The van der Waals surface area contributed by atoms with Crippen molar-refractivity contribution >= 4 is 21.1 Å². The fourth-order valence-electron chi connectivity index (χ4n) is 3.27. The standard InChI is InChI=1S/C19H33N5O3S/c1-20(2)11-7-13-24(14-8-12-21(3)4)28(26,27)16-9-10-17-18(15-16)23(6)19(25)22(17)5/h9-10,15H,7-8,11-14H2,1-6H3. The van der Waals surface area contributed by atoms with E-state index in [9.17, 15) is 13.2 Å². The Morgan fingerprint density at radius 2 is 1.32 bits per heavy atom. The number of sulfonamides is 1. The number of rotatable bonds is 10. The lowest BCUT2D eigenvalue weighted by Crippen LogP contribution is -2.35. The minimum atomic E-state index is -3.64. The average Bonchev–Trinajstić information content (AvgIpc) is 2.84. The van der Waals surface area contributed by atoms with Crippen molar-refractivity contribution in [3.63, 3.8) is 0 Å². The molecular formula is C19H33N5O3S. The molecule has 0 radical (unpaired) electrons. The lowest BCUT2D eigenvalue weighted by molar-refractivity contribution is 0.326. The first-order valence-corrected chi connectivity index (χ1v) is 10.9. The van der Waals surface area contributed by atoms with E-state index in [-0.39, 0.29) is 10.6 Å². The van der Waals surface area contributed by atoms with Gasteiger partial charge in [0.1, 0.15) is 0 Å². The van der Waals surface area contributed by atoms with Crippen molar-refractivity contribution in [2.45, 2.75) is 17.7 Å². The highest BCUT2D eigenvalue weighted by Gasteiger charge is 2.25. The first-order chi connectivity index (χ1) is 13.1. The normalized spacial score (nSPS) is 12.8. The predicted molar refractivity (Wildman–Crippen MR) is 113 cm³/mol. The summed E-state index contributed by atoms with van der Waals surface area (Å²) >= 11 is 0. The second kappa shape index (κ2) is 9.21. The number of hydrogen-bond donors (Lipinski definition) is 0. The van der Waals surface area contributed by atoms with Gasteiger partial charge in [0.2, 0.25) is 10.0 Å². The molecule has 0 unspecified atom stereocenters. The van der Waals surface area contributed by atoms with Crippen molar-refractivity contribution in [2.75, 3.05) is 54.4 Å². The summed E-state index contributed by atoms with van der Waals surface area (Å²) in [7, 11) is 7.63. The van der Waals surface area contributed by atoms with E-state index < -0.39 is 10.0 Å². The molecule has 8 nitrogen and oxygen atoms in total. The highest BCUT2D eigenvalue weighted by molar-refractivity contribution is 7.89. The molecule has 2 rings (SSSR count). The number of imidazole rings is 1. The van der Waals surface area contributed by atoms with Crippen LogP contribution < -0.4 is 5.69 Å². The van der Waals surface area contributed by atoms with E-state index in [1.165, 1.54) is 9.13 Å². The second-order valence-electron chi connectivity index (χ2n) is 7.77. The van der Waals surface area contributed by atoms with Crippen LogP contribution in [0, 0.1) is 0 Å². The Bertz CT molecular complexity index is 946. The van der Waals surface area contributed by atoms with Gasteiger partial charge in [-0.1, -0.05) is 0 Å². The quantitative estimate of drug-likeness (QED) is 0.578. The largest absolute Gasteiger partial charge is 0.328 e. The second-order valence-corrected chi connectivity index (χ2v) is 9.71. The van der Waals surface area contributed by atoms with E-state index >= 15 is 0 Å². The zero-order valence-corrected chi connectivity index (χ0v) is 18.7. The molecule has 1 heterocycles. The summed E-state index contributed by atoms with van der Waals surface area (Å²) in [6.07, 6.45) is 1.53. The van der Waals surface area contributed by atoms with Crippen molar-refractivity contribution in [1.29, 1.82) is 0 Å². The van der Waals surface area contributed by atoms with E-state index in [2.05, 4.69) is 9.80 Å². The fraction of sp³-hybridized carbons (Fsp3) is 0.632. The summed E-state index contributed by atoms with van der Waals surface area (Å²) < 4.78 is 31.3. The van der Waals surface area contributed by atoms with E-state index in [1.54, 1.807) is 36.6 Å². The summed E-state index contributed by atoms with van der Waals surface area (Å²) in [5.41, 5.74) is 1.17. The third-order valence-corrected chi connectivity index (χ3v) is 6.80. The molecule has 0 fully saturated rings. The zero-order valence-electron chi connectivity index (χ0n) is 17.8. The number of aromatic nitrogens is 2. The van der Waals surface area contributed by atoms with Gasteiger partial charge in [0.15, 0.2) is 0 Å². The van der Waals surface area contributed by atoms with Gasteiger partial charge in [-0.05, 0) is 72.3 Å². The first-order valence-electron chi connectivity index (χ1n) is 9.50. The number of nitrogens with zero attached hydrogens (tertiary/aromatic N) is 5. The molecule has 0 N–H and O–H groups in total. The van der Waals surface area contributed by atoms with Crippen molar-refractivity contribution in [3.05, 3.63) is 28.7 Å². The molecule has 0 aliphatic carbocycles. The number of benzene rings is 1. The van der Waals surface area contributed by atoms with Crippen molar-refractivity contribution in [1.82, 2.24) is 23.2 Å². The zero-order chi connectivity index (χ0) is 21.1. The van der Waals surface area contributed by atoms with Crippen LogP contribution in [0.3, 0.4) is 0 Å². The van der Waals surface area contributed by atoms with Crippen LogP contribution in [0.4, 0.5) is 0 Å². The molecule has 0 bridgehead atoms. The van der Waals surface area contributed by atoms with E-state index in [0.29, 0.717) is 18.6 Å². The van der Waals surface area contributed by atoms with Crippen molar-refractivity contribution < 1.29 is 8.42 Å². The van der Waals surface area contributed by atoms with Crippen LogP contribution in [-0.4, -0.2) is 86.0 Å². The lowest BCUT2D eigenvalue weighted by atomic mass is 10.3. The molecule has 0 amide bonds. The Morgan fingerprint density at radius 1 is 0.821 bits per heavy atom. The maximum atomic E-state index is 13.3. The molecule has 0 aliphatic heterocycles. The van der Waals surface area contributed by atoms with Crippen LogP contribution in [0.2, 0.25) is 0 Å². The van der Waals surface area contributed by atoms with Gasteiger partial charge in [0.05, 0.1) is 15.9 Å². The van der Waals surface area contributed by atoms with Crippen molar-refractivity contribution in [3.8, 4) is 0 Å². The molecular weight excluding hydrogens is 378 g/mol. The molecule has 2 aromatic rings. The Morgan fingerprint density at radius 3 is 1.82 bits per heavy atom. The molecule has 0 spiro atoms. The first kappa shape index (κ1) is 22.6. The third kappa shape index (κ3) is 5.02. The minimum Gasteiger partial charge on any atom is -0.309 e. The maximum Gasteiger partial charge on any atom is 0.328 e. The highest BCUT2D eigenvalue weighted by atomic mass is 32.2. The maximum absolute atomic E-state index is 13.3. The fourth-order valence-corrected chi connectivity index (χ4v) is 4.81. The summed E-state index contributed by atoms with van der Waals surface area (Å²) in [5, 5.41) is 0. The number of hydrogen-bond acceptors (Lipinski definition) is 5. The smallest absolute Gasteiger partial charge is 0.309 e. The van der Waals surface area contributed by atoms with Gasteiger partial charge in [-0.3, -0.25) is 9.13 Å². The molecule has 1 aromatic carbocycles. The molecule has 1 aromatic heterocycles. The van der Waals surface area contributed by atoms with Crippen LogP contribution in [-0.2, 0) is 24.1 Å². The Hall–Kier alpha value is -1.68. The van der Waals surface area contributed by atoms with Crippen LogP contribution in [0.15, 0.2) is 27.9 Å². The van der Waals surface area contributed by atoms with Crippen LogP contribution in [0.1, 0.15) is 12.8 Å². The molecule has 0 aliphatic rings. The van der Waals surface area contributed by atoms with Gasteiger partial charge in [-0.25, -0.2) is 13.2 Å². The van der Waals surface area contributed by atoms with Crippen molar-refractivity contribution in [2.24, 2.45) is 14.1 Å². The lowest BCUT2D eigenvalue weighted by Gasteiger charge is -2.24. The van der Waals surface area contributed by atoms with Gasteiger partial charge < -0.3 is 9.80 Å². The molecule has 0 atom stereocenters. The van der Waals surface area contributed by atoms with Crippen LogP contribution in [0.5, 0.6) is 0 Å². The van der Waals surface area contributed by atoms with Gasteiger partial charge >= 0.3 is 5.69 Å². The Labute approximate surface area is 168 Å². The monoisotopic (exact) mass is 411 g/mol. The predicted octanol–water partition coefficient (Wildman–Crippen LogP) is 0.771. The van der Waals surface area contributed by atoms with E-state index in [1.807, 2.05) is 28.2 Å². The molecule has 0 saturated heterocycles. The van der Waals surface area contributed by atoms with E-state index in [4.69, 9.17) is 0 Å². The molecule has 0 saturated carbocycles. The topological polar surface area (TPSA) is 70.8 Å². The van der Waals surface area contributed by atoms with Gasteiger partial charge in [0, 0.05) is 27.2 Å². The Balaban J connectivity index is 2.35. The summed E-state index contributed by atoms with van der Waals surface area (Å²) in [6, 6.07) is 4.92. The van der Waals surface area contributed by atoms with Gasteiger partial charge in [0.25, 0.3) is 0 Å². The molecule has 158 valence electrons.